The van der Waals surface area contributed by atoms with Crippen LogP contribution in [0.1, 0.15) is 118 Å². The van der Waals surface area contributed by atoms with Crippen molar-refractivity contribution in [3.63, 3.8) is 0 Å². The summed E-state index contributed by atoms with van der Waals surface area (Å²) in [6, 6.07) is 0. The number of nitrogens with zero attached hydrogens (tertiary/aromatic N) is 2. The summed E-state index contributed by atoms with van der Waals surface area (Å²) in [6.45, 7) is 19.9. The number of hydrogen-bond acceptors (Lipinski definition) is 11. The predicted molar refractivity (Wildman–Crippen MR) is 214 cm³/mol. The zero-order valence-corrected chi connectivity index (χ0v) is 37.1. The third kappa shape index (κ3) is 12.8. The van der Waals surface area contributed by atoms with E-state index in [0.717, 1.165) is 31.2 Å². The van der Waals surface area contributed by atoms with Crippen LogP contribution in [0.15, 0.2) is 21.8 Å². The molecule has 56 heavy (non-hydrogen) atoms. The first-order valence-corrected chi connectivity index (χ1v) is 22.2. The molecule has 0 spiro atoms. The average Bonchev–Trinajstić information content (AvgIpc) is 3.52. The Balaban J connectivity index is 0.00000841. The molecule has 16 heteroatoms. The van der Waals surface area contributed by atoms with Gasteiger partial charge in [-0.05, 0) is 129 Å². The molecule has 2 heterocycles. The fraction of sp³-hybridized carbons (Fsp3) is 0.700. The standard InChI is InChI=1S/C40H62N4O9S2.Fe/c1-11-33(54-13-12-14-55(48,49)50)39(46)44-38-34(40(47)52-35-23(4)15-21(2)16-24(35)5)28(9)32(43-38)19-31-27(8)30(37(42-31)41-29(10)45)20-51-53-36-25(6)17-22(3)18-26(36)7;/h19,21-26,33,35-36H,11-18,20H2,1-10H3,(H4,41,42,43,44,45,46,47,48,49,50);/p-2. The van der Waals surface area contributed by atoms with Gasteiger partial charge in [0.15, 0.2) is 0 Å². The number of aliphatic imine (C=N–C) groups is 1. The summed E-state index contributed by atoms with van der Waals surface area (Å²) in [7, 11) is -4.36. The molecule has 2 aliphatic carbocycles. The van der Waals surface area contributed by atoms with E-state index in [1.807, 2.05) is 13.8 Å². The molecule has 0 saturated heterocycles. The molecule has 1 aromatic rings. The van der Waals surface area contributed by atoms with E-state index in [1.54, 1.807) is 13.0 Å². The van der Waals surface area contributed by atoms with Crippen LogP contribution in [-0.4, -0.2) is 65.6 Å². The molecule has 1 aliphatic heterocycles. The molecule has 0 radical (unpaired) electrons. The maximum atomic E-state index is 14.1. The second-order valence-corrected chi connectivity index (χ2v) is 19.1. The van der Waals surface area contributed by atoms with Crippen LogP contribution < -0.4 is 15.6 Å². The molecular weight excluding hydrogens is 800 g/mol. The molecule has 13 nitrogen and oxygen atoms in total. The minimum atomic E-state index is -4.36. The van der Waals surface area contributed by atoms with Gasteiger partial charge in [-0.1, -0.05) is 54.3 Å². The second-order valence-electron chi connectivity index (χ2n) is 16.2. The van der Waals surface area contributed by atoms with Crippen LogP contribution in [0.4, 0.5) is 5.82 Å². The van der Waals surface area contributed by atoms with Gasteiger partial charge >= 0.3 is 5.97 Å². The Bertz CT molecular complexity index is 1750. The van der Waals surface area contributed by atoms with Crippen LogP contribution in [0.2, 0.25) is 0 Å². The Labute approximate surface area is 347 Å². The van der Waals surface area contributed by atoms with Crippen molar-refractivity contribution < 1.29 is 58.9 Å². The number of allylic oxidation sites excluding steroid dienone is 1. The summed E-state index contributed by atoms with van der Waals surface area (Å²) in [4.78, 5) is 61.1. The Hall–Kier alpha value is -2.46. The zero-order valence-electron chi connectivity index (χ0n) is 34.4. The van der Waals surface area contributed by atoms with Crippen molar-refractivity contribution in [1.82, 2.24) is 10.3 Å². The predicted octanol–water partition coefficient (Wildman–Crippen LogP) is 6.67. The summed E-state index contributed by atoms with van der Waals surface area (Å²) in [5.74, 6) is 0.977. The Morgan fingerprint density at radius 3 is 2.07 bits per heavy atom. The first-order valence-electron chi connectivity index (χ1n) is 19.6. The smallest absolute Gasteiger partial charge is 0.342 e. The minimum Gasteiger partial charge on any atom is -0.748 e. The number of aromatic nitrogens is 1. The maximum absolute atomic E-state index is 14.1. The topological polar surface area (TPSA) is 187 Å². The average molecular weight is 861 g/mol. The fourth-order valence-electron chi connectivity index (χ4n) is 8.57. The number of amidine groups is 1. The maximum Gasteiger partial charge on any atom is 0.342 e. The van der Waals surface area contributed by atoms with E-state index >= 15 is 0 Å². The van der Waals surface area contributed by atoms with Crippen molar-refractivity contribution in [3.8, 4) is 0 Å². The molecule has 1 aromatic heterocycles. The fourth-order valence-corrected chi connectivity index (χ4v) is 10.3. The Morgan fingerprint density at radius 2 is 1.54 bits per heavy atom. The molecule has 0 aromatic carbocycles. The van der Waals surface area contributed by atoms with Gasteiger partial charge in [0.2, 0.25) is 5.91 Å². The molecule has 2 saturated carbocycles. The van der Waals surface area contributed by atoms with Crippen molar-refractivity contribution in [3.05, 3.63) is 33.7 Å². The summed E-state index contributed by atoms with van der Waals surface area (Å²) in [6.07, 6.45) is 5.86. The first kappa shape index (κ1) is 47.9. The van der Waals surface area contributed by atoms with Gasteiger partial charge in [-0.3, -0.25) is 9.59 Å². The summed E-state index contributed by atoms with van der Waals surface area (Å²) >= 11 is 1.24. The van der Waals surface area contributed by atoms with E-state index < -0.39 is 33.0 Å². The van der Waals surface area contributed by atoms with Crippen molar-refractivity contribution >= 4 is 57.4 Å². The molecule has 5 unspecified atom stereocenters. The first-order chi connectivity index (χ1) is 25.8. The molecule has 3 aliphatic rings. The molecule has 2 N–H and O–H groups in total. The van der Waals surface area contributed by atoms with E-state index in [0.29, 0.717) is 58.4 Å². The van der Waals surface area contributed by atoms with Gasteiger partial charge in [0.1, 0.15) is 30.0 Å². The summed E-state index contributed by atoms with van der Waals surface area (Å²) in [5.41, 5.74) is 2.88. The van der Waals surface area contributed by atoms with Crippen LogP contribution in [0.3, 0.4) is 0 Å². The Kier molecular flexibility index (Phi) is 18.0. The number of nitrogens with one attached hydrogen (secondary N) is 2. The van der Waals surface area contributed by atoms with Gasteiger partial charge in [0.05, 0.1) is 27.2 Å². The SMILES string of the molecule is CCC(SCCCS(=O)(=O)[O-])C(=O)NC1=N/C(=C\c2[n-]c(NC(C)=O)c(COOC3C(C)CC(C)CC3C)c2C)C(C)=C1C(=O)OC1C(C)CC(C)CC1C.[Fe]. The molecule has 5 atom stereocenters. The monoisotopic (exact) mass is 860 g/mol. The van der Waals surface area contributed by atoms with Gasteiger partial charge < -0.3 is 24.9 Å². The number of carbonyl (C=O) groups excluding carboxylic acids is 3. The van der Waals surface area contributed by atoms with E-state index in [4.69, 9.17) is 24.5 Å². The summed E-state index contributed by atoms with van der Waals surface area (Å²) < 4.78 is 39.4. The number of anilines is 1. The normalized spacial score (nSPS) is 28.1. The molecule has 2 amide bonds. The van der Waals surface area contributed by atoms with Crippen molar-refractivity contribution in [2.24, 2.45) is 40.5 Å². The van der Waals surface area contributed by atoms with Crippen LogP contribution in [0.5, 0.6) is 0 Å². The molecule has 0 bridgehead atoms. The number of ether oxygens (including phenoxy) is 1. The number of hydrogen-bond donors (Lipinski definition) is 2. The van der Waals surface area contributed by atoms with E-state index in [-0.39, 0.29) is 77.2 Å². The second kappa shape index (κ2) is 21.0. The van der Waals surface area contributed by atoms with E-state index in [9.17, 15) is 27.4 Å². The number of thioether (sulfide) groups is 1. The third-order valence-electron chi connectivity index (χ3n) is 11.1. The van der Waals surface area contributed by atoms with Gasteiger partial charge in [0, 0.05) is 22.8 Å². The van der Waals surface area contributed by atoms with Gasteiger partial charge in [-0.15, -0.1) is 11.8 Å². The summed E-state index contributed by atoms with van der Waals surface area (Å²) in [5, 5.41) is 5.07. The van der Waals surface area contributed by atoms with Crippen molar-refractivity contribution in [2.45, 2.75) is 132 Å². The van der Waals surface area contributed by atoms with Gasteiger partial charge in [-0.2, -0.15) is 0 Å². The van der Waals surface area contributed by atoms with Gasteiger partial charge in [0.25, 0.3) is 0 Å². The number of rotatable bonds is 15. The zero-order chi connectivity index (χ0) is 40.8. The molecule has 2 fully saturated rings. The van der Waals surface area contributed by atoms with Crippen LogP contribution >= 0.6 is 11.8 Å². The molecular formula is C40H60FeN4O9S2-2. The van der Waals surface area contributed by atoms with Crippen molar-refractivity contribution in [2.75, 3.05) is 16.8 Å². The third-order valence-corrected chi connectivity index (χ3v) is 13.3. The largest absolute Gasteiger partial charge is 0.748 e. The number of carbonyl (C=O) groups is 3. The van der Waals surface area contributed by atoms with Crippen LogP contribution in [0.25, 0.3) is 6.08 Å². The molecule has 316 valence electrons. The Morgan fingerprint density at radius 1 is 0.964 bits per heavy atom. The quantitative estimate of drug-likeness (QED) is 0.0479. The van der Waals surface area contributed by atoms with E-state index in [1.165, 1.54) is 18.7 Å². The van der Waals surface area contributed by atoms with Crippen LogP contribution in [-0.2, 0) is 62.7 Å². The number of amides is 2. The number of esters is 1. The van der Waals surface area contributed by atoms with Crippen LogP contribution in [0, 0.1) is 42.4 Å². The van der Waals surface area contributed by atoms with Crippen molar-refractivity contribution in [1.29, 1.82) is 0 Å². The molecule has 4 rings (SSSR count). The van der Waals surface area contributed by atoms with Gasteiger partial charge in [-0.25, -0.2) is 28.0 Å². The minimum absolute atomic E-state index is 0. The van der Waals surface area contributed by atoms with E-state index in [2.05, 4.69) is 52.2 Å².